The van der Waals surface area contributed by atoms with Crippen molar-refractivity contribution in [1.82, 2.24) is 4.98 Å². The maximum atomic E-state index is 5.47. The van der Waals surface area contributed by atoms with Crippen LogP contribution >= 0.6 is 0 Å². The van der Waals surface area contributed by atoms with Crippen molar-refractivity contribution in [2.45, 2.75) is 53.1 Å². The van der Waals surface area contributed by atoms with Gasteiger partial charge in [0.05, 0.1) is 6.61 Å². The van der Waals surface area contributed by atoms with Crippen LogP contribution in [-0.2, 0) is 10.2 Å². The van der Waals surface area contributed by atoms with Gasteiger partial charge in [-0.15, -0.1) is 0 Å². The third kappa shape index (κ3) is 3.52. The second kappa shape index (κ2) is 6.07. The number of nitrogens with zero attached hydrogens (tertiary/aromatic N) is 1. The van der Waals surface area contributed by atoms with E-state index in [0.717, 1.165) is 29.1 Å². The Bertz CT molecular complexity index is 819. The molecule has 1 aliphatic heterocycles. The Labute approximate surface area is 145 Å². The van der Waals surface area contributed by atoms with E-state index in [2.05, 4.69) is 77.6 Å². The zero-order valence-electron chi connectivity index (χ0n) is 15.4. The molecule has 124 valence electrons. The molecule has 1 aliphatic rings. The summed E-state index contributed by atoms with van der Waals surface area (Å²) in [6.45, 7) is 13.7. The van der Waals surface area contributed by atoms with Crippen molar-refractivity contribution in [1.29, 1.82) is 0 Å². The molecule has 0 bridgehead atoms. The Morgan fingerprint density at radius 1 is 1.04 bits per heavy atom. The topological polar surface area (TPSA) is 25.4 Å². The van der Waals surface area contributed by atoms with Gasteiger partial charge < -0.3 is 4.74 Å². The van der Waals surface area contributed by atoms with Crippen LogP contribution in [0, 0.1) is 32.6 Å². The molecule has 0 radical (unpaired) electrons. The second-order valence-electron chi connectivity index (χ2n) is 7.73. The van der Waals surface area contributed by atoms with Gasteiger partial charge in [0.2, 0.25) is 0 Å². The molecule has 1 aromatic carbocycles. The Morgan fingerprint density at radius 2 is 1.67 bits per heavy atom. The van der Waals surface area contributed by atoms with Gasteiger partial charge in [-0.3, -0.25) is 0 Å². The predicted molar refractivity (Wildman–Crippen MR) is 98.3 cm³/mol. The zero-order valence-corrected chi connectivity index (χ0v) is 15.4. The number of hydrogen-bond donors (Lipinski definition) is 0. The molecule has 3 rings (SSSR count). The smallest absolute Gasteiger partial charge is 0.119 e. The molecule has 0 N–H and O–H groups in total. The van der Waals surface area contributed by atoms with Crippen molar-refractivity contribution >= 4 is 0 Å². The zero-order chi connectivity index (χ0) is 17.5. The summed E-state index contributed by atoms with van der Waals surface area (Å²) in [6, 6.07) is 8.59. The minimum atomic E-state index is 0.00899. The van der Waals surface area contributed by atoms with Crippen LogP contribution in [0.4, 0.5) is 0 Å². The molecule has 1 fully saturated rings. The molecule has 0 unspecified atom stereocenters. The molecule has 1 saturated heterocycles. The van der Waals surface area contributed by atoms with Crippen LogP contribution in [0.3, 0.4) is 0 Å². The van der Waals surface area contributed by atoms with Crippen molar-refractivity contribution in [3.63, 3.8) is 0 Å². The number of pyridine rings is 1. The van der Waals surface area contributed by atoms with Crippen LogP contribution in [0.15, 0.2) is 24.3 Å². The lowest BCUT2D eigenvalue weighted by Gasteiger charge is -2.18. The minimum Gasteiger partial charge on any atom is -0.368 e. The van der Waals surface area contributed by atoms with Crippen LogP contribution < -0.4 is 0 Å². The average molecular weight is 319 g/mol. The lowest BCUT2D eigenvalue weighted by atomic mass is 9.90. The summed E-state index contributed by atoms with van der Waals surface area (Å²) in [5, 5.41) is 0. The van der Waals surface area contributed by atoms with Crippen LogP contribution in [0.2, 0.25) is 0 Å². The summed E-state index contributed by atoms with van der Waals surface area (Å²) in [4.78, 5) is 4.84. The molecule has 0 saturated carbocycles. The van der Waals surface area contributed by atoms with E-state index in [-0.39, 0.29) is 11.5 Å². The molecule has 2 aromatic rings. The third-order valence-electron chi connectivity index (χ3n) is 4.36. The summed E-state index contributed by atoms with van der Waals surface area (Å²) >= 11 is 0. The summed E-state index contributed by atoms with van der Waals surface area (Å²) < 4.78 is 5.47. The van der Waals surface area contributed by atoms with Crippen molar-refractivity contribution in [2.75, 3.05) is 6.61 Å². The van der Waals surface area contributed by atoms with Gasteiger partial charge in [0, 0.05) is 22.2 Å². The van der Waals surface area contributed by atoms with E-state index in [1.165, 1.54) is 16.7 Å². The Morgan fingerprint density at radius 3 is 2.21 bits per heavy atom. The molecule has 0 amide bonds. The number of aromatic nitrogens is 1. The number of ether oxygens (including phenoxy) is 1. The molecule has 2 nitrogen and oxygen atoms in total. The summed E-state index contributed by atoms with van der Waals surface area (Å²) in [5.74, 6) is 6.68. The lowest BCUT2D eigenvalue weighted by Crippen LogP contribution is -2.14. The Hall–Kier alpha value is -2.11. The maximum Gasteiger partial charge on any atom is 0.119 e. The first-order valence-corrected chi connectivity index (χ1v) is 8.48. The molecule has 24 heavy (non-hydrogen) atoms. The Balaban J connectivity index is 2.07. The molecule has 0 spiro atoms. The number of aryl methyl sites for hydroxylation is 3. The van der Waals surface area contributed by atoms with Crippen LogP contribution in [0.1, 0.15) is 66.1 Å². The fourth-order valence-electron chi connectivity index (χ4n) is 2.97. The summed E-state index contributed by atoms with van der Waals surface area (Å²) in [5.41, 5.74) is 7.85. The highest BCUT2D eigenvalue weighted by Crippen LogP contribution is 2.33. The highest BCUT2D eigenvalue weighted by atomic mass is 16.6. The minimum absolute atomic E-state index is 0.00899. The van der Waals surface area contributed by atoms with Gasteiger partial charge in [-0.25, -0.2) is 4.98 Å². The van der Waals surface area contributed by atoms with Gasteiger partial charge in [0.1, 0.15) is 11.8 Å². The van der Waals surface area contributed by atoms with E-state index in [1.807, 2.05) is 0 Å². The lowest BCUT2D eigenvalue weighted by molar-refractivity contribution is 0.414. The monoisotopic (exact) mass is 319 g/mol. The standard InChI is InChI=1S/C22H25NO/c1-14-11-15(2)17(16(3)12-14)7-9-19-18(20-13-24-20)8-10-21(23-19)22(4,5)6/h8,10-12,20H,13H2,1-6H3/t20-/m1/s1. The molecule has 2 heterocycles. The van der Waals surface area contributed by atoms with Gasteiger partial charge in [0.25, 0.3) is 0 Å². The highest BCUT2D eigenvalue weighted by molar-refractivity contribution is 5.52. The van der Waals surface area contributed by atoms with Crippen molar-refractivity contribution in [3.8, 4) is 11.8 Å². The van der Waals surface area contributed by atoms with E-state index < -0.39 is 0 Å². The Kier molecular flexibility index (Phi) is 4.24. The van der Waals surface area contributed by atoms with Crippen LogP contribution in [0.25, 0.3) is 0 Å². The number of epoxide rings is 1. The van der Waals surface area contributed by atoms with Gasteiger partial charge in [0.15, 0.2) is 0 Å². The number of benzene rings is 1. The molecule has 0 aliphatic carbocycles. The van der Waals surface area contributed by atoms with Gasteiger partial charge in [-0.2, -0.15) is 0 Å². The predicted octanol–water partition coefficient (Wildman–Crippen LogP) is 4.78. The number of hydrogen-bond acceptors (Lipinski definition) is 2. The first-order chi connectivity index (χ1) is 11.3. The van der Waals surface area contributed by atoms with E-state index in [1.54, 1.807) is 0 Å². The van der Waals surface area contributed by atoms with Crippen molar-refractivity contribution in [3.05, 3.63) is 63.5 Å². The van der Waals surface area contributed by atoms with E-state index in [0.29, 0.717) is 0 Å². The summed E-state index contributed by atoms with van der Waals surface area (Å²) in [7, 11) is 0. The van der Waals surface area contributed by atoms with Gasteiger partial charge in [-0.1, -0.05) is 50.5 Å². The average Bonchev–Trinajstić information content (AvgIpc) is 3.29. The fourth-order valence-corrected chi connectivity index (χ4v) is 2.97. The first-order valence-electron chi connectivity index (χ1n) is 8.48. The fraction of sp³-hybridized carbons (Fsp3) is 0.409. The van der Waals surface area contributed by atoms with E-state index in [9.17, 15) is 0 Å². The van der Waals surface area contributed by atoms with Crippen molar-refractivity contribution in [2.24, 2.45) is 0 Å². The SMILES string of the molecule is Cc1cc(C)c(C#Cc2nc(C(C)(C)C)ccc2[C@H]2CO2)c(C)c1. The second-order valence-corrected chi connectivity index (χ2v) is 7.73. The molecular formula is C22H25NO. The van der Waals surface area contributed by atoms with Crippen LogP contribution in [-0.4, -0.2) is 11.6 Å². The van der Waals surface area contributed by atoms with Crippen molar-refractivity contribution < 1.29 is 4.74 Å². The molecule has 1 aromatic heterocycles. The summed E-state index contributed by atoms with van der Waals surface area (Å²) in [6.07, 6.45) is 0.163. The molecule has 2 heteroatoms. The normalized spacial score (nSPS) is 16.5. The van der Waals surface area contributed by atoms with Crippen LogP contribution in [0.5, 0.6) is 0 Å². The molecule has 1 atom stereocenters. The quantitative estimate of drug-likeness (QED) is 0.558. The molecular weight excluding hydrogens is 294 g/mol. The third-order valence-corrected chi connectivity index (χ3v) is 4.36. The van der Waals surface area contributed by atoms with Gasteiger partial charge in [-0.05, 0) is 43.9 Å². The highest BCUT2D eigenvalue weighted by Gasteiger charge is 2.29. The maximum absolute atomic E-state index is 5.47. The first kappa shape index (κ1) is 16.7. The van der Waals surface area contributed by atoms with E-state index in [4.69, 9.17) is 9.72 Å². The van der Waals surface area contributed by atoms with E-state index >= 15 is 0 Å². The van der Waals surface area contributed by atoms with Gasteiger partial charge >= 0.3 is 0 Å². The number of rotatable bonds is 1. The largest absolute Gasteiger partial charge is 0.368 e.